The Balaban J connectivity index is 2.28. The van der Waals surface area contributed by atoms with Crippen LogP contribution in [-0.2, 0) is 17.8 Å². The van der Waals surface area contributed by atoms with E-state index in [2.05, 4.69) is 32.6 Å². The maximum atomic E-state index is 6.11. The average Bonchev–Trinajstić information content (AvgIpc) is 2.37. The molecule has 0 fully saturated rings. The van der Waals surface area contributed by atoms with Gasteiger partial charge in [-0.3, -0.25) is 0 Å². The lowest BCUT2D eigenvalue weighted by molar-refractivity contribution is 0.180. The third-order valence-electron chi connectivity index (χ3n) is 2.41. The first-order valence-electron chi connectivity index (χ1n) is 5.44. The fourth-order valence-corrected chi connectivity index (χ4v) is 2.20. The van der Waals surface area contributed by atoms with E-state index in [4.69, 9.17) is 16.3 Å². The van der Waals surface area contributed by atoms with Gasteiger partial charge in [0, 0.05) is 13.5 Å². The Bertz CT molecular complexity index is 534. The summed E-state index contributed by atoms with van der Waals surface area (Å²) in [4.78, 5) is 8.79. The Morgan fingerprint density at radius 3 is 2.61 bits per heavy atom. The lowest BCUT2D eigenvalue weighted by atomic mass is 10.1. The van der Waals surface area contributed by atoms with Gasteiger partial charge >= 0.3 is 0 Å². The molecule has 0 radical (unpaired) electrons. The molecule has 0 amide bonds. The second-order valence-corrected chi connectivity index (χ2v) is 5.22. The van der Waals surface area contributed by atoms with Crippen molar-refractivity contribution in [1.29, 1.82) is 0 Å². The topological polar surface area (TPSA) is 35.0 Å². The van der Waals surface area contributed by atoms with Crippen LogP contribution >= 0.6 is 34.2 Å². The van der Waals surface area contributed by atoms with Crippen molar-refractivity contribution in [2.24, 2.45) is 0 Å². The Labute approximate surface area is 125 Å². The molecule has 1 heterocycles. The number of hydrogen-bond acceptors (Lipinski definition) is 3. The molecule has 0 atom stereocenters. The molecule has 0 saturated carbocycles. The summed E-state index contributed by atoms with van der Waals surface area (Å²) in [6, 6.07) is 10.1. The van der Waals surface area contributed by atoms with Crippen molar-refractivity contribution in [1.82, 2.24) is 9.97 Å². The molecule has 1 aromatic carbocycles. The smallest absolute Gasteiger partial charge is 0.146 e. The number of nitrogens with zero attached hydrogens (tertiary/aromatic N) is 2. The number of rotatable bonds is 4. The third kappa shape index (κ3) is 3.40. The normalized spacial score (nSPS) is 10.6. The van der Waals surface area contributed by atoms with Gasteiger partial charge in [0.25, 0.3) is 0 Å². The Morgan fingerprint density at radius 2 is 1.94 bits per heavy atom. The molecule has 3 nitrogen and oxygen atoms in total. The molecule has 0 bridgehead atoms. The van der Waals surface area contributed by atoms with Crippen LogP contribution < -0.4 is 0 Å². The molecule has 0 unspecified atom stereocenters. The van der Waals surface area contributed by atoms with Crippen LogP contribution in [0.2, 0.25) is 5.15 Å². The summed E-state index contributed by atoms with van der Waals surface area (Å²) in [7, 11) is 1.64. The Kier molecular flexibility index (Phi) is 4.91. The number of halogens is 2. The molecule has 0 spiro atoms. The van der Waals surface area contributed by atoms with E-state index in [0.29, 0.717) is 18.2 Å². The summed E-state index contributed by atoms with van der Waals surface area (Å²) in [5.41, 5.74) is 2.00. The van der Waals surface area contributed by atoms with Crippen molar-refractivity contribution in [3.05, 3.63) is 56.1 Å². The van der Waals surface area contributed by atoms with Gasteiger partial charge in [-0.15, -0.1) is 0 Å². The van der Waals surface area contributed by atoms with Crippen LogP contribution in [0.5, 0.6) is 0 Å². The fourth-order valence-electron chi connectivity index (χ4n) is 1.60. The molecule has 5 heteroatoms. The molecule has 18 heavy (non-hydrogen) atoms. The van der Waals surface area contributed by atoms with E-state index in [1.165, 1.54) is 0 Å². The SMILES string of the molecule is COCc1nc(Cc2ccccc2)nc(Cl)c1I. The number of ether oxygens (including phenoxy) is 1. The lowest BCUT2D eigenvalue weighted by Gasteiger charge is -2.07. The first kappa shape index (κ1) is 13.7. The van der Waals surface area contributed by atoms with Crippen molar-refractivity contribution in [2.75, 3.05) is 7.11 Å². The molecule has 0 N–H and O–H groups in total. The Morgan fingerprint density at radius 1 is 1.22 bits per heavy atom. The highest BCUT2D eigenvalue weighted by molar-refractivity contribution is 14.1. The largest absolute Gasteiger partial charge is 0.378 e. The number of aromatic nitrogens is 2. The predicted octanol–water partition coefficient (Wildman–Crippen LogP) is 3.47. The van der Waals surface area contributed by atoms with Crippen LogP contribution in [0, 0.1) is 3.57 Å². The van der Waals surface area contributed by atoms with Gasteiger partial charge in [0.15, 0.2) is 0 Å². The van der Waals surface area contributed by atoms with Crippen LogP contribution in [0.4, 0.5) is 0 Å². The van der Waals surface area contributed by atoms with Gasteiger partial charge in [-0.05, 0) is 28.2 Å². The minimum absolute atomic E-state index is 0.447. The van der Waals surface area contributed by atoms with E-state index in [-0.39, 0.29) is 0 Å². The molecule has 0 aliphatic carbocycles. The third-order valence-corrected chi connectivity index (χ3v) is 4.14. The lowest BCUT2D eigenvalue weighted by Crippen LogP contribution is -2.05. The maximum absolute atomic E-state index is 6.11. The summed E-state index contributed by atoms with van der Waals surface area (Å²) >= 11 is 8.25. The minimum atomic E-state index is 0.447. The van der Waals surface area contributed by atoms with E-state index < -0.39 is 0 Å². The van der Waals surface area contributed by atoms with Gasteiger partial charge in [-0.1, -0.05) is 41.9 Å². The van der Waals surface area contributed by atoms with Crippen molar-refractivity contribution < 1.29 is 4.74 Å². The maximum Gasteiger partial charge on any atom is 0.146 e. The molecule has 2 rings (SSSR count). The van der Waals surface area contributed by atoms with Crippen molar-refractivity contribution in [3.8, 4) is 0 Å². The molecule has 94 valence electrons. The van der Waals surface area contributed by atoms with E-state index in [0.717, 1.165) is 20.7 Å². The van der Waals surface area contributed by atoms with Crippen LogP contribution in [0.1, 0.15) is 17.1 Å². The molecular formula is C13H12ClIN2O. The van der Waals surface area contributed by atoms with Gasteiger partial charge in [0.1, 0.15) is 11.0 Å². The van der Waals surface area contributed by atoms with Gasteiger partial charge in [-0.2, -0.15) is 0 Å². The highest BCUT2D eigenvalue weighted by Gasteiger charge is 2.10. The average molecular weight is 375 g/mol. The van der Waals surface area contributed by atoms with Gasteiger partial charge in [0.2, 0.25) is 0 Å². The molecule has 1 aromatic heterocycles. The van der Waals surface area contributed by atoms with E-state index >= 15 is 0 Å². The second kappa shape index (κ2) is 6.45. The molecular weight excluding hydrogens is 363 g/mol. The molecule has 0 aliphatic heterocycles. The van der Waals surface area contributed by atoms with Crippen LogP contribution in [0.25, 0.3) is 0 Å². The van der Waals surface area contributed by atoms with Crippen molar-refractivity contribution in [3.63, 3.8) is 0 Å². The van der Waals surface area contributed by atoms with Crippen LogP contribution in [-0.4, -0.2) is 17.1 Å². The summed E-state index contributed by atoms with van der Waals surface area (Å²) in [6.07, 6.45) is 0.675. The minimum Gasteiger partial charge on any atom is -0.378 e. The van der Waals surface area contributed by atoms with Gasteiger partial charge in [0.05, 0.1) is 15.9 Å². The molecule has 0 saturated heterocycles. The zero-order valence-electron chi connectivity index (χ0n) is 9.86. The van der Waals surface area contributed by atoms with E-state index in [1.807, 2.05) is 30.3 Å². The molecule has 0 aliphatic rings. The van der Waals surface area contributed by atoms with Crippen LogP contribution in [0.3, 0.4) is 0 Å². The zero-order valence-corrected chi connectivity index (χ0v) is 12.8. The summed E-state index contributed by atoms with van der Waals surface area (Å²) in [5.74, 6) is 0.721. The number of methoxy groups -OCH3 is 1. The highest BCUT2D eigenvalue weighted by Crippen LogP contribution is 2.20. The highest BCUT2D eigenvalue weighted by atomic mass is 127. The van der Waals surface area contributed by atoms with Gasteiger partial charge < -0.3 is 4.74 Å². The summed E-state index contributed by atoms with van der Waals surface area (Å²) in [5, 5.41) is 0.489. The first-order chi connectivity index (χ1) is 8.70. The molecule has 2 aromatic rings. The fraction of sp³-hybridized carbons (Fsp3) is 0.231. The van der Waals surface area contributed by atoms with Crippen LogP contribution in [0.15, 0.2) is 30.3 Å². The number of benzene rings is 1. The Hall–Kier alpha value is -0.720. The second-order valence-electron chi connectivity index (χ2n) is 3.79. The van der Waals surface area contributed by atoms with Crippen molar-refractivity contribution in [2.45, 2.75) is 13.0 Å². The number of hydrogen-bond donors (Lipinski definition) is 0. The summed E-state index contributed by atoms with van der Waals surface area (Å²) in [6.45, 7) is 0.447. The predicted molar refractivity (Wildman–Crippen MR) is 79.7 cm³/mol. The van der Waals surface area contributed by atoms with Gasteiger partial charge in [-0.25, -0.2) is 9.97 Å². The van der Waals surface area contributed by atoms with E-state index in [9.17, 15) is 0 Å². The summed E-state index contributed by atoms with van der Waals surface area (Å²) < 4.78 is 5.97. The van der Waals surface area contributed by atoms with Crippen molar-refractivity contribution >= 4 is 34.2 Å². The van der Waals surface area contributed by atoms with E-state index in [1.54, 1.807) is 7.11 Å². The first-order valence-corrected chi connectivity index (χ1v) is 6.90. The standard InChI is InChI=1S/C13H12ClIN2O/c1-18-8-10-12(15)13(14)17-11(16-10)7-9-5-3-2-4-6-9/h2-6H,7-8H2,1H3. The quantitative estimate of drug-likeness (QED) is 0.607. The zero-order chi connectivity index (χ0) is 13.0. The monoisotopic (exact) mass is 374 g/mol.